The summed E-state index contributed by atoms with van der Waals surface area (Å²) in [5.41, 5.74) is 1.76. The minimum Gasteiger partial charge on any atom is -0.307 e. The number of carbonyl (C=O) groups is 2. The Labute approximate surface area is 202 Å². The highest BCUT2D eigenvalue weighted by Crippen LogP contribution is 2.39. The quantitative estimate of drug-likeness (QED) is 0.387. The second-order valence-corrected chi connectivity index (χ2v) is 10.3. The van der Waals surface area contributed by atoms with Gasteiger partial charge in [-0.05, 0) is 42.7 Å². The van der Waals surface area contributed by atoms with E-state index in [-0.39, 0.29) is 37.8 Å². The van der Waals surface area contributed by atoms with Crippen molar-refractivity contribution in [2.75, 3.05) is 11.5 Å². The summed E-state index contributed by atoms with van der Waals surface area (Å²) < 4.78 is 31.9. The second kappa shape index (κ2) is 8.90. The molecule has 1 aromatic heterocycles. The molecule has 1 fully saturated rings. The zero-order valence-corrected chi connectivity index (χ0v) is 19.9. The van der Waals surface area contributed by atoms with Crippen LogP contribution >= 0.6 is 0 Å². The lowest BCUT2D eigenvalue weighted by atomic mass is 9.79. The molecule has 0 spiro atoms. The number of amides is 2. The van der Waals surface area contributed by atoms with Crippen LogP contribution in [0.15, 0.2) is 76.4 Å². The van der Waals surface area contributed by atoms with E-state index < -0.39 is 32.4 Å². The van der Waals surface area contributed by atoms with E-state index in [1.54, 1.807) is 30.3 Å². The van der Waals surface area contributed by atoms with Crippen LogP contribution < -0.4 is 10.5 Å². The molecule has 35 heavy (non-hydrogen) atoms. The smallest absolute Gasteiger partial charge is 0.302 e. The van der Waals surface area contributed by atoms with Gasteiger partial charge in [-0.25, -0.2) is 0 Å². The molecule has 0 N–H and O–H groups in total. The molecule has 9 heteroatoms. The molecular formula is C26H24N2O6S. The lowest BCUT2D eigenvalue weighted by Gasteiger charge is -2.28. The average Bonchev–Trinajstić information content (AvgIpc) is 3.09. The van der Waals surface area contributed by atoms with E-state index >= 15 is 0 Å². The van der Waals surface area contributed by atoms with Gasteiger partial charge < -0.3 is 4.57 Å². The van der Waals surface area contributed by atoms with Crippen molar-refractivity contribution in [2.45, 2.75) is 31.2 Å². The number of anilines is 1. The summed E-state index contributed by atoms with van der Waals surface area (Å²) in [7, 11) is -4.29. The maximum atomic E-state index is 13.4. The summed E-state index contributed by atoms with van der Waals surface area (Å²) in [5, 5.41) is 0. The van der Waals surface area contributed by atoms with Crippen LogP contribution in [0.4, 0.5) is 5.69 Å². The van der Waals surface area contributed by atoms with E-state index in [2.05, 4.69) is 0 Å². The molecule has 0 bridgehead atoms. The molecule has 1 aliphatic heterocycles. The van der Waals surface area contributed by atoms with Crippen molar-refractivity contribution in [2.24, 2.45) is 11.8 Å². The number of nitrogens with zero attached hydrogens (tertiary/aromatic N) is 2. The Morgan fingerprint density at radius 1 is 0.886 bits per heavy atom. The number of fused-ring (bicyclic) bond motifs is 2. The highest BCUT2D eigenvalue weighted by atomic mass is 32.2. The van der Waals surface area contributed by atoms with Crippen molar-refractivity contribution >= 4 is 27.6 Å². The van der Waals surface area contributed by atoms with Crippen molar-refractivity contribution in [3.63, 3.8) is 0 Å². The minimum absolute atomic E-state index is 0.110. The summed E-state index contributed by atoms with van der Waals surface area (Å²) in [6.07, 6.45) is 0.336. The maximum Gasteiger partial charge on any atom is 0.302 e. The van der Waals surface area contributed by atoms with E-state index in [1.807, 2.05) is 30.3 Å². The van der Waals surface area contributed by atoms with Crippen LogP contribution in [0.2, 0.25) is 0 Å². The van der Waals surface area contributed by atoms with Gasteiger partial charge in [-0.3, -0.25) is 23.5 Å². The molecule has 5 rings (SSSR count). The Morgan fingerprint density at radius 3 is 2.11 bits per heavy atom. The Hall–Kier alpha value is -3.56. The molecule has 3 aromatic rings. The molecule has 2 aliphatic rings. The summed E-state index contributed by atoms with van der Waals surface area (Å²) in [6.45, 7) is 1.56. The number of imide groups is 1. The Kier molecular flexibility index (Phi) is 5.90. The fourth-order valence-corrected chi connectivity index (χ4v) is 6.05. The maximum absolute atomic E-state index is 13.4. The number of pyridine rings is 1. The van der Waals surface area contributed by atoms with Crippen molar-refractivity contribution in [1.29, 1.82) is 0 Å². The molecule has 0 unspecified atom stereocenters. The van der Waals surface area contributed by atoms with Crippen LogP contribution in [-0.4, -0.2) is 31.4 Å². The van der Waals surface area contributed by atoms with Crippen molar-refractivity contribution in [1.82, 2.24) is 4.57 Å². The van der Waals surface area contributed by atoms with Gasteiger partial charge in [-0.15, -0.1) is 0 Å². The zero-order valence-electron chi connectivity index (χ0n) is 19.1. The summed E-state index contributed by atoms with van der Waals surface area (Å²) in [4.78, 5) is 40.8. The molecule has 1 aliphatic carbocycles. The third-order valence-electron chi connectivity index (χ3n) is 6.61. The molecule has 1 saturated heterocycles. The van der Waals surface area contributed by atoms with Gasteiger partial charge in [-0.2, -0.15) is 8.42 Å². The van der Waals surface area contributed by atoms with Gasteiger partial charge in [-0.1, -0.05) is 48.5 Å². The van der Waals surface area contributed by atoms with Gasteiger partial charge in [0.15, 0.2) is 4.90 Å². The van der Waals surface area contributed by atoms with Crippen LogP contribution in [0, 0.1) is 11.8 Å². The molecule has 180 valence electrons. The molecule has 2 aromatic carbocycles. The van der Waals surface area contributed by atoms with Gasteiger partial charge in [0, 0.05) is 12.1 Å². The topological polar surface area (TPSA) is 103 Å². The van der Waals surface area contributed by atoms with Crippen LogP contribution in [0.25, 0.3) is 0 Å². The predicted octanol–water partition coefficient (Wildman–Crippen LogP) is 2.53. The van der Waals surface area contributed by atoms with Gasteiger partial charge >= 0.3 is 10.1 Å². The fourth-order valence-electron chi connectivity index (χ4n) is 5.00. The molecule has 8 nitrogen and oxygen atoms in total. The van der Waals surface area contributed by atoms with Gasteiger partial charge in [0.05, 0.1) is 30.7 Å². The van der Waals surface area contributed by atoms with E-state index in [0.717, 1.165) is 5.56 Å². The van der Waals surface area contributed by atoms with Gasteiger partial charge in [0.1, 0.15) is 0 Å². The first-order valence-corrected chi connectivity index (χ1v) is 12.8. The van der Waals surface area contributed by atoms with Crippen LogP contribution in [0.1, 0.15) is 23.7 Å². The Balaban J connectivity index is 1.63. The van der Waals surface area contributed by atoms with Crippen molar-refractivity contribution in [3.8, 4) is 0 Å². The summed E-state index contributed by atoms with van der Waals surface area (Å²) in [6, 6.07) is 19.3. The van der Waals surface area contributed by atoms with E-state index in [4.69, 9.17) is 4.18 Å². The van der Waals surface area contributed by atoms with E-state index in [1.165, 1.54) is 22.5 Å². The van der Waals surface area contributed by atoms with Gasteiger partial charge in [0.25, 0.3) is 5.56 Å². The molecule has 2 heterocycles. The third-order valence-corrected chi connectivity index (χ3v) is 7.99. The number of hydrogen-bond acceptors (Lipinski definition) is 6. The summed E-state index contributed by atoms with van der Waals surface area (Å²) in [5.74, 6) is -1.86. The lowest BCUT2D eigenvalue weighted by molar-refractivity contribution is -0.122. The largest absolute Gasteiger partial charge is 0.307 e. The van der Waals surface area contributed by atoms with Crippen LogP contribution in [0.3, 0.4) is 0 Å². The number of rotatable bonds is 6. The number of aromatic nitrogens is 1. The first-order chi connectivity index (χ1) is 16.8. The number of carbonyl (C=O) groups excluding carboxylic acids is 2. The lowest BCUT2D eigenvalue weighted by Crippen LogP contribution is -2.37. The first-order valence-electron chi connectivity index (χ1n) is 11.4. The molecular weight excluding hydrogens is 468 g/mol. The SMILES string of the molecule is CCOS(=O)(=O)c1cc2c(n(Cc3ccccc3)c1=O)C[C@@H]1C(=O)N(c3ccccc3)C(=O)[C@@H]1C2. The minimum atomic E-state index is -4.29. The average molecular weight is 493 g/mol. The summed E-state index contributed by atoms with van der Waals surface area (Å²) >= 11 is 0. The third kappa shape index (κ3) is 4.00. The van der Waals surface area contributed by atoms with E-state index in [9.17, 15) is 22.8 Å². The molecule has 2 atom stereocenters. The fraction of sp³-hybridized carbons (Fsp3) is 0.269. The number of para-hydroxylation sites is 1. The normalized spacial score (nSPS) is 19.5. The monoisotopic (exact) mass is 492 g/mol. The number of hydrogen-bond donors (Lipinski definition) is 0. The molecule has 0 radical (unpaired) electrons. The Bertz CT molecular complexity index is 1460. The first kappa shape index (κ1) is 23.2. The van der Waals surface area contributed by atoms with Crippen LogP contribution in [-0.2, 0) is 43.3 Å². The highest BCUT2D eigenvalue weighted by Gasteiger charge is 2.51. The zero-order chi connectivity index (χ0) is 24.7. The van der Waals surface area contributed by atoms with Crippen molar-refractivity contribution in [3.05, 3.63) is 93.9 Å². The van der Waals surface area contributed by atoms with Gasteiger partial charge in [0.2, 0.25) is 11.8 Å². The molecule has 0 saturated carbocycles. The predicted molar refractivity (Wildman–Crippen MR) is 128 cm³/mol. The van der Waals surface area contributed by atoms with E-state index in [0.29, 0.717) is 16.9 Å². The standard InChI is InChI=1S/C26H24N2O6S/c1-2-34-35(32,33)23-14-18-13-20-21(25(30)28(24(20)29)19-11-7-4-8-12-19)15-22(18)27(26(23)31)16-17-9-5-3-6-10-17/h3-12,14,20-21H,2,13,15-16H2,1H3/t20-,21+/m1/s1. The second-order valence-electron chi connectivity index (χ2n) is 8.69. The van der Waals surface area contributed by atoms with Crippen molar-refractivity contribution < 1.29 is 22.2 Å². The Morgan fingerprint density at radius 2 is 1.49 bits per heavy atom. The highest BCUT2D eigenvalue weighted by molar-refractivity contribution is 7.86. The van der Waals surface area contributed by atoms with Crippen LogP contribution in [0.5, 0.6) is 0 Å². The number of benzene rings is 2. The molecule has 2 amide bonds.